The van der Waals surface area contributed by atoms with Crippen LogP contribution in [0, 0.1) is 5.92 Å². The standard InChI is InChI=1S/C26H35N3O4/c1-18-2-6-20(7-3-18)28-26-27-16-24(25(29-26)33-23-12-15-31-17-23)19-4-8-21(9-5-19)32-22-10-13-30-14-11-22/h4-5,8-9,16,18,20,22-23H,2-3,6-7,10-15,17H2,1H3,(H,27,28,29)/t18-,20-,23-/m1/s1. The highest BCUT2D eigenvalue weighted by Gasteiger charge is 2.23. The molecule has 0 amide bonds. The third kappa shape index (κ3) is 5.95. The molecule has 1 saturated carbocycles. The van der Waals surface area contributed by atoms with Gasteiger partial charge in [-0.25, -0.2) is 4.98 Å². The zero-order valence-electron chi connectivity index (χ0n) is 19.5. The van der Waals surface area contributed by atoms with E-state index < -0.39 is 0 Å². The summed E-state index contributed by atoms with van der Waals surface area (Å²) in [6.45, 7) is 5.20. The van der Waals surface area contributed by atoms with Gasteiger partial charge >= 0.3 is 0 Å². The van der Waals surface area contributed by atoms with Crippen molar-refractivity contribution >= 4 is 5.95 Å². The Morgan fingerprint density at radius 3 is 2.30 bits per heavy atom. The predicted molar refractivity (Wildman–Crippen MR) is 127 cm³/mol. The van der Waals surface area contributed by atoms with E-state index in [-0.39, 0.29) is 12.2 Å². The van der Waals surface area contributed by atoms with E-state index in [0.717, 1.165) is 74.7 Å². The Morgan fingerprint density at radius 1 is 0.848 bits per heavy atom. The van der Waals surface area contributed by atoms with Crippen molar-refractivity contribution in [3.63, 3.8) is 0 Å². The fourth-order valence-electron chi connectivity index (χ4n) is 4.77. The van der Waals surface area contributed by atoms with Crippen molar-refractivity contribution in [3.8, 4) is 22.8 Å². The lowest BCUT2D eigenvalue weighted by molar-refractivity contribution is 0.0256. The smallest absolute Gasteiger partial charge is 0.226 e. The third-order valence-corrected chi connectivity index (χ3v) is 6.91. The zero-order chi connectivity index (χ0) is 22.5. The zero-order valence-corrected chi connectivity index (χ0v) is 19.5. The molecule has 2 aromatic rings. The van der Waals surface area contributed by atoms with Gasteiger partial charge in [-0.15, -0.1) is 0 Å². The van der Waals surface area contributed by atoms with Gasteiger partial charge in [0, 0.05) is 31.5 Å². The van der Waals surface area contributed by atoms with E-state index >= 15 is 0 Å². The maximum absolute atomic E-state index is 6.30. The Hall–Kier alpha value is -2.38. The van der Waals surface area contributed by atoms with Crippen molar-refractivity contribution < 1.29 is 18.9 Å². The molecule has 2 aliphatic heterocycles. The van der Waals surface area contributed by atoms with Crippen molar-refractivity contribution in [1.82, 2.24) is 9.97 Å². The minimum absolute atomic E-state index is 0.0261. The van der Waals surface area contributed by atoms with E-state index in [1.165, 1.54) is 12.8 Å². The molecular formula is C26H35N3O4. The molecule has 0 radical (unpaired) electrons. The molecule has 5 rings (SSSR count). The minimum atomic E-state index is 0.0261. The molecule has 7 heteroatoms. The molecule has 3 aliphatic rings. The van der Waals surface area contributed by atoms with Crippen LogP contribution < -0.4 is 14.8 Å². The summed E-state index contributed by atoms with van der Waals surface area (Å²) in [5, 5.41) is 3.54. The lowest BCUT2D eigenvalue weighted by Gasteiger charge is -2.27. The lowest BCUT2D eigenvalue weighted by atomic mass is 9.87. The second-order valence-electron chi connectivity index (χ2n) is 9.57. The molecule has 178 valence electrons. The summed E-state index contributed by atoms with van der Waals surface area (Å²) >= 11 is 0. The van der Waals surface area contributed by atoms with Crippen LogP contribution in [0.5, 0.6) is 11.6 Å². The first-order valence-electron chi connectivity index (χ1n) is 12.5. The molecule has 0 bridgehead atoms. The van der Waals surface area contributed by atoms with Gasteiger partial charge in [-0.2, -0.15) is 4.98 Å². The topological polar surface area (TPSA) is 74.7 Å². The number of ether oxygens (including phenoxy) is 4. The van der Waals surface area contributed by atoms with Crippen LogP contribution in [-0.4, -0.2) is 54.6 Å². The van der Waals surface area contributed by atoms with Gasteiger partial charge in [0.05, 0.1) is 32.0 Å². The first-order valence-corrected chi connectivity index (χ1v) is 12.5. The van der Waals surface area contributed by atoms with Crippen LogP contribution in [0.1, 0.15) is 51.9 Å². The first-order chi connectivity index (χ1) is 16.2. The van der Waals surface area contributed by atoms with E-state index in [2.05, 4.69) is 29.4 Å². The minimum Gasteiger partial charge on any atom is -0.490 e. The second kappa shape index (κ2) is 10.7. The van der Waals surface area contributed by atoms with Crippen LogP contribution >= 0.6 is 0 Å². The summed E-state index contributed by atoms with van der Waals surface area (Å²) in [6, 6.07) is 8.57. The van der Waals surface area contributed by atoms with Gasteiger partial charge in [-0.3, -0.25) is 0 Å². The summed E-state index contributed by atoms with van der Waals surface area (Å²) in [6.07, 6.45) is 9.70. The number of hydrogen-bond donors (Lipinski definition) is 1. The van der Waals surface area contributed by atoms with Gasteiger partial charge in [0.2, 0.25) is 11.8 Å². The van der Waals surface area contributed by atoms with Gasteiger partial charge < -0.3 is 24.3 Å². The quantitative estimate of drug-likeness (QED) is 0.642. The van der Waals surface area contributed by atoms with Crippen LogP contribution in [0.3, 0.4) is 0 Å². The van der Waals surface area contributed by atoms with Crippen LogP contribution in [-0.2, 0) is 9.47 Å². The van der Waals surface area contributed by atoms with Crippen molar-refractivity contribution in [2.45, 2.75) is 70.1 Å². The van der Waals surface area contributed by atoms with Crippen molar-refractivity contribution in [2.24, 2.45) is 5.92 Å². The van der Waals surface area contributed by atoms with Crippen LogP contribution in [0.25, 0.3) is 11.1 Å². The molecule has 7 nitrogen and oxygen atoms in total. The average molecular weight is 454 g/mol. The summed E-state index contributed by atoms with van der Waals surface area (Å²) in [4.78, 5) is 9.44. The molecular weight excluding hydrogens is 418 g/mol. The number of benzene rings is 1. The SMILES string of the molecule is C[C@H]1CC[C@H](Nc2ncc(-c3ccc(OC4CCOCC4)cc3)c(O[C@@H]3CCOC3)n2)CC1. The summed E-state index contributed by atoms with van der Waals surface area (Å²) in [7, 11) is 0. The summed E-state index contributed by atoms with van der Waals surface area (Å²) < 4.78 is 23.4. The first kappa shape index (κ1) is 22.4. The largest absolute Gasteiger partial charge is 0.490 e. The van der Waals surface area contributed by atoms with E-state index in [0.29, 0.717) is 24.5 Å². The Labute approximate surface area is 196 Å². The van der Waals surface area contributed by atoms with Crippen molar-refractivity contribution in [1.29, 1.82) is 0 Å². The van der Waals surface area contributed by atoms with Gasteiger partial charge in [0.1, 0.15) is 18.0 Å². The molecule has 1 aromatic carbocycles. The Kier molecular flexibility index (Phi) is 7.27. The molecule has 1 atom stereocenters. The third-order valence-electron chi connectivity index (χ3n) is 6.91. The number of hydrogen-bond acceptors (Lipinski definition) is 7. The highest BCUT2D eigenvalue weighted by molar-refractivity contribution is 5.69. The fraction of sp³-hybridized carbons (Fsp3) is 0.615. The van der Waals surface area contributed by atoms with Crippen LogP contribution in [0.4, 0.5) is 5.95 Å². The van der Waals surface area contributed by atoms with Crippen LogP contribution in [0.15, 0.2) is 30.5 Å². The highest BCUT2D eigenvalue weighted by atomic mass is 16.5. The van der Waals surface area contributed by atoms with E-state index in [1.54, 1.807) is 0 Å². The van der Waals surface area contributed by atoms with Gasteiger partial charge in [-0.1, -0.05) is 19.1 Å². The second-order valence-corrected chi connectivity index (χ2v) is 9.57. The summed E-state index contributed by atoms with van der Waals surface area (Å²) in [5.41, 5.74) is 1.91. The molecule has 2 saturated heterocycles. The summed E-state index contributed by atoms with van der Waals surface area (Å²) in [5.74, 6) is 2.95. The maximum atomic E-state index is 6.30. The molecule has 0 unspecified atom stereocenters. The number of nitrogens with zero attached hydrogens (tertiary/aromatic N) is 2. The molecule has 1 aliphatic carbocycles. The van der Waals surface area contributed by atoms with E-state index in [1.807, 2.05) is 18.3 Å². The number of nitrogens with one attached hydrogen (secondary N) is 1. The lowest BCUT2D eigenvalue weighted by Crippen LogP contribution is -2.26. The van der Waals surface area contributed by atoms with Gasteiger partial charge in [-0.05, 0) is 49.3 Å². The van der Waals surface area contributed by atoms with Crippen molar-refractivity contribution in [2.75, 3.05) is 31.7 Å². The normalized spacial score (nSPS) is 26.2. The molecule has 1 N–H and O–H groups in total. The van der Waals surface area contributed by atoms with E-state index in [9.17, 15) is 0 Å². The fourth-order valence-corrected chi connectivity index (χ4v) is 4.77. The highest BCUT2D eigenvalue weighted by Crippen LogP contribution is 2.33. The number of aromatic nitrogens is 2. The van der Waals surface area contributed by atoms with Gasteiger partial charge in [0.25, 0.3) is 0 Å². The predicted octanol–water partition coefficient (Wildman–Crippen LogP) is 4.86. The van der Waals surface area contributed by atoms with Gasteiger partial charge in [0.15, 0.2) is 0 Å². The average Bonchev–Trinajstić information content (AvgIpc) is 3.35. The van der Waals surface area contributed by atoms with Crippen molar-refractivity contribution in [3.05, 3.63) is 30.5 Å². The van der Waals surface area contributed by atoms with E-state index in [4.69, 9.17) is 23.9 Å². The maximum Gasteiger partial charge on any atom is 0.226 e. The number of anilines is 1. The molecule has 3 fully saturated rings. The Morgan fingerprint density at radius 2 is 1.58 bits per heavy atom. The monoisotopic (exact) mass is 453 g/mol. The Bertz CT molecular complexity index is 887. The Balaban J connectivity index is 1.32. The molecule has 1 aromatic heterocycles. The number of rotatable bonds is 7. The molecule has 0 spiro atoms. The van der Waals surface area contributed by atoms with Crippen LogP contribution in [0.2, 0.25) is 0 Å². The molecule has 33 heavy (non-hydrogen) atoms. The molecule has 3 heterocycles.